The predicted octanol–water partition coefficient (Wildman–Crippen LogP) is 3.51. The maximum absolute atomic E-state index is 9.28. The van der Waals surface area contributed by atoms with Crippen LogP contribution in [0.1, 0.15) is 31.7 Å². The number of rotatable bonds is 6. The van der Waals surface area contributed by atoms with Crippen LogP contribution in [-0.2, 0) is 0 Å². The zero-order valence-corrected chi connectivity index (χ0v) is 11.9. The number of benzene rings is 1. The molecule has 1 aromatic carbocycles. The van der Waals surface area contributed by atoms with Crippen LogP contribution in [0.25, 0.3) is 0 Å². The normalized spacial score (nSPS) is 18.1. The van der Waals surface area contributed by atoms with E-state index in [0.29, 0.717) is 6.04 Å². The van der Waals surface area contributed by atoms with Gasteiger partial charge in [0.1, 0.15) is 5.54 Å². The Morgan fingerprint density at radius 2 is 2.28 bits per heavy atom. The van der Waals surface area contributed by atoms with Crippen molar-refractivity contribution < 1.29 is 0 Å². The molecule has 0 radical (unpaired) electrons. The molecule has 96 valence electrons. The van der Waals surface area contributed by atoms with E-state index in [1.165, 1.54) is 23.3 Å². The molecule has 2 rings (SSSR count). The molecular formula is C15H20N2S. The number of aryl methyl sites for hydroxylation is 1. The third-order valence-electron chi connectivity index (χ3n) is 3.21. The van der Waals surface area contributed by atoms with Gasteiger partial charge in [0.05, 0.1) is 6.07 Å². The largest absolute Gasteiger partial charge is 0.297 e. The van der Waals surface area contributed by atoms with Gasteiger partial charge in [-0.05, 0) is 45.2 Å². The Bertz CT molecular complexity index is 448. The summed E-state index contributed by atoms with van der Waals surface area (Å²) >= 11 is 1.83. The van der Waals surface area contributed by atoms with Crippen molar-refractivity contribution in [3.8, 4) is 6.07 Å². The van der Waals surface area contributed by atoms with Gasteiger partial charge in [-0.1, -0.05) is 17.7 Å². The maximum atomic E-state index is 9.28. The molecule has 1 aromatic rings. The Morgan fingerprint density at radius 1 is 1.50 bits per heavy atom. The maximum Gasteiger partial charge on any atom is 0.104 e. The highest BCUT2D eigenvalue weighted by Gasteiger charge is 2.31. The predicted molar refractivity (Wildman–Crippen MR) is 76.7 cm³/mol. The first kappa shape index (κ1) is 13.5. The number of thioether (sulfide) groups is 1. The molecule has 1 aliphatic rings. The van der Waals surface area contributed by atoms with Gasteiger partial charge in [0.25, 0.3) is 0 Å². The molecule has 0 amide bonds. The summed E-state index contributed by atoms with van der Waals surface area (Å²) in [6.45, 7) is 4.13. The van der Waals surface area contributed by atoms with Crippen LogP contribution >= 0.6 is 11.8 Å². The van der Waals surface area contributed by atoms with Gasteiger partial charge in [0.15, 0.2) is 0 Å². The molecule has 1 saturated carbocycles. The van der Waals surface area contributed by atoms with Crippen molar-refractivity contribution in [1.29, 1.82) is 5.26 Å². The van der Waals surface area contributed by atoms with E-state index >= 15 is 0 Å². The van der Waals surface area contributed by atoms with Crippen molar-refractivity contribution in [3.05, 3.63) is 29.8 Å². The van der Waals surface area contributed by atoms with Gasteiger partial charge in [-0.3, -0.25) is 5.32 Å². The van der Waals surface area contributed by atoms with E-state index < -0.39 is 0 Å². The second-order valence-corrected chi connectivity index (χ2v) is 6.45. The van der Waals surface area contributed by atoms with E-state index in [-0.39, 0.29) is 5.54 Å². The standard InChI is InChI=1S/C15H20N2S/c1-12-4-3-5-14(10-12)18-9-8-15(2,11-16)17-13-6-7-13/h3-5,10,13,17H,6-9H2,1-2H3. The Balaban J connectivity index is 1.81. The molecule has 2 nitrogen and oxygen atoms in total. The molecule has 0 aromatic heterocycles. The quantitative estimate of drug-likeness (QED) is 0.795. The first-order chi connectivity index (χ1) is 8.61. The Labute approximate surface area is 114 Å². The first-order valence-corrected chi connectivity index (χ1v) is 7.48. The summed E-state index contributed by atoms with van der Waals surface area (Å²) in [7, 11) is 0. The van der Waals surface area contributed by atoms with Crippen LogP contribution in [0.4, 0.5) is 0 Å². The number of nitrogens with one attached hydrogen (secondary N) is 1. The monoisotopic (exact) mass is 260 g/mol. The zero-order chi connectivity index (χ0) is 13.0. The summed E-state index contributed by atoms with van der Waals surface area (Å²) in [5.41, 5.74) is 0.928. The minimum absolute atomic E-state index is 0.363. The Morgan fingerprint density at radius 3 is 2.89 bits per heavy atom. The van der Waals surface area contributed by atoms with Crippen LogP contribution in [0.15, 0.2) is 29.2 Å². The van der Waals surface area contributed by atoms with E-state index in [1.807, 2.05) is 18.7 Å². The summed E-state index contributed by atoms with van der Waals surface area (Å²) in [6, 6.07) is 11.5. The molecule has 0 saturated heterocycles. The number of nitrogens with zero attached hydrogens (tertiary/aromatic N) is 1. The van der Waals surface area contributed by atoms with Crippen molar-refractivity contribution in [2.75, 3.05) is 5.75 Å². The average molecular weight is 260 g/mol. The average Bonchev–Trinajstić information content (AvgIpc) is 3.13. The summed E-state index contributed by atoms with van der Waals surface area (Å²) in [6.07, 6.45) is 3.34. The highest BCUT2D eigenvalue weighted by molar-refractivity contribution is 7.99. The van der Waals surface area contributed by atoms with Crippen LogP contribution in [-0.4, -0.2) is 17.3 Å². The lowest BCUT2D eigenvalue weighted by atomic mass is 10.0. The molecule has 1 unspecified atom stereocenters. The molecule has 1 N–H and O–H groups in total. The van der Waals surface area contributed by atoms with Crippen molar-refractivity contribution in [3.63, 3.8) is 0 Å². The highest BCUT2D eigenvalue weighted by atomic mass is 32.2. The van der Waals surface area contributed by atoms with Crippen molar-refractivity contribution in [1.82, 2.24) is 5.32 Å². The van der Waals surface area contributed by atoms with Crippen molar-refractivity contribution in [2.45, 2.75) is 49.6 Å². The third kappa shape index (κ3) is 4.04. The number of hydrogen-bond donors (Lipinski definition) is 1. The lowest BCUT2D eigenvalue weighted by Crippen LogP contribution is -2.42. The van der Waals surface area contributed by atoms with Crippen LogP contribution < -0.4 is 5.32 Å². The summed E-state index contributed by atoms with van der Waals surface area (Å²) in [4.78, 5) is 1.29. The van der Waals surface area contributed by atoms with Crippen LogP contribution in [0.2, 0.25) is 0 Å². The smallest absolute Gasteiger partial charge is 0.104 e. The van der Waals surface area contributed by atoms with Crippen LogP contribution in [0.3, 0.4) is 0 Å². The van der Waals surface area contributed by atoms with Gasteiger partial charge in [0, 0.05) is 16.7 Å². The van der Waals surface area contributed by atoms with Gasteiger partial charge in [-0.15, -0.1) is 11.8 Å². The molecule has 3 heteroatoms. The zero-order valence-electron chi connectivity index (χ0n) is 11.1. The van der Waals surface area contributed by atoms with Crippen LogP contribution in [0.5, 0.6) is 0 Å². The minimum atomic E-state index is -0.363. The molecule has 0 spiro atoms. The summed E-state index contributed by atoms with van der Waals surface area (Å²) < 4.78 is 0. The van der Waals surface area contributed by atoms with Crippen molar-refractivity contribution >= 4 is 11.8 Å². The van der Waals surface area contributed by atoms with Gasteiger partial charge in [-0.2, -0.15) is 5.26 Å². The Kier molecular flexibility index (Phi) is 4.31. The first-order valence-electron chi connectivity index (χ1n) is 6.50. The van der Waals surface area contributed by atoms with E-state index in [2.05, 4.69) is 42.6 Å². The molecule has 1 atom stereocenters. The third-order valence-corrected chi connectivity index (χ3v) is 4.20. The molecule has 0 aliphatic heterocycles. The lowest BCUT2D eigenvalue weighted by Gasteiger charge is -2.22. The fourth-order valence-electron chi connectivity index (χ4n) is 1.92. The van der Waals surface area contributed by atoms with Gasteiger partial charge in [0.2, 0.25) is 0 Å². The topological polar surface area (TPSA) is 35.8 Å². The Hall–Kier alpha value is -0.980. The van der Waals surface area contributed by atoms with Gasteiger partial charge < -0.3 is 0 Å². The van der Waals surface area contributed by atoms with E-state index in [9.17, 15) is 5.26 Å². The van der Waals surface area contributed by atoms with Gasteiger partial charge >= 0.3 is 0 Å². The highest BCUT2D eigenvalue weighted by Crippen LogP contribution is 2.26. The van der Waals surface area contributed by atoms with E-state index in [1.54, 1.807) is 0 Å². The van der Waals surface area contributed by atoms with Gasteiger partial charge in [-0.25, -0.2) is 0 Å². The van der Waals surface area contributed by atoms with Crippen molar-refractivity contribution in [2.24, 2.45) is 0 Å². The summed E-state index contributed by atoms with van der Waals surface area (Å²) in [5.74, 6) is 0.979. The van der Waals surface area contributed by atoms with E-state index in [0.717, 1.165) is 12.2 Å². The SMILES string of the molecule is Cc1cccc(SCCC(C)(C#N)NC2CC2)c1. The fraction of sp³-hybridized carbons (Fsp3) is 0.533. The minimum Gasteiger partial charge on any atom is -0.297 e. The summed E-state index contributed by atoms with van der Waals surface area (Å²) in [5, 5.41) is 12.7. The lowest BCUT2D eigenvalue weighted by molar-refractivity contribution is 0.434. The number of hydrogen-bond acceptors (Lipinski definition) is 3. The second kappa shape index (κ2) is 5.77. The second-order valence-electron chi connectivity index (χ2n) is 5.28. The number of nitriles is 1. The molecule has 0 heterocycles. The fourth-order valence-corrected chi connectivity index (χ4v) is 3.11. The molecule has 18 heavy (non-hydrogen) atoms. The van der Waals surface area contributed by atoms with E-state index in [4.69, 9.17) is 0 Å². The van der Waals surface area contributed by atoms with Crippen LogP contribution in [0, 0.1) is 18.3 Å². The molecule has 1 aliphatic carbocycles. The molecule has 0 bridgehead atoms. The molecule has 1 fully saturated rings. The molecular weight excluding hydrogens is 240 g/mol.